The van der Waals surface area contributed by atoms with Gasteiger partial charge in [0.05, 0.1) is 21.7 Å². The Bertz CT molecular complexity index is 842. The second-order valence-electron chi connectivity index (χ2n) is 6.34. The Labute approximate surface area is 161 Å². The van der Waals surface area contributed by atoms with Gasteiger partial charge in [-0.05, 0) is 35.7 Å². The Balaban J connectivity index is 1.87. The third-order valence-electron chi connectivity index (χ3n) is 4.13. The number of benzene rings is 2. The van der Waals surface area contributed by atoms with Gasteiger partial charge in [-0.3, -0.25) is 4.79 Å². The van der Waals surface area contributed by atoms with E-state index in [1.807, 2.05) is 32.0 Å². The lowest BCUT2D eigenvalue weighted by atomic mass is 9.95. The summed E-state index contributed by atoms with van der Waals surface area (Å²) in [5.41, 5.74) is 0.903. The molecule has 2 aromatic rings. The highest BCUT2D eigenvalue weighted by atomic mass is 35.5. The highest BCUT2D eigenvalue weighted by Crippen LogP contribution is 2.34. The lowest BCUT2D eigenvalue weighted by Gasteiger charge is -2.25. The Hall–Kier alpha value is -1.98. The summed E-state index contributed by atoms with van der Waals surface area (Å²) < 4.78 is 24.9. The number of ether oxygens (including phenoxy) is 2. The average molecular weight is 398 g/mol. The fourth-order valence-electron chi connectivity index (χ4n) is 2.80. The van der Waals surface area contributed by atoms with Crippen molar-refractivity contribution in [2.75, 3.05) is 13.2 Å². The zero-order valence-corrected chi connectivity index (χ0v) is 15.8. The first-order valence-electron chi connectivity index (χ1n) is 8.21. The Kier molecular flexibility index (Phi) is 5.58. The van der Waals surface area contributed by atoms with E-state index < -0.39 is 11.7 Å². The maximum atomic E-state index is 13.7. The summed E-state index contributed by atoms with van der Waals surface area (Å²) in [5.74, 6) is 0.235. The van der Waals surface area contributed by atoms with Crippen LogP contribution < -0.4 is 14.8 Å². The van der Waals surface area contributed by atoms with Crippen LogP contribution in [-0.4, -0.2) is 19.1 Å². The second kappa shape index (κ2) is 7.72. The molecule has 138 valence electrons. The molecule has 3 rings (SSSR count). The van der Waals surface area contributed by atoms with Crippen molar-refractivity contribution in [3.8, 4) is 11.5 Å². The van der Waals surface area contributed by atoms with Crippen molar-refractivity contribution < 1.29 is 18.7 Å². The molecule has 0 bridgehead atoms. The zero-order chi connectivity index (χ0) is 18.8. The maximum Gasteiger partial charge on any atom is 0.253 e. The summed E-state index contributed by atoms with van der Waals surface area (Å²) >= 11 is 11.7. The molecule has 7 heteroatoms. The first-order chi connectivity index (χ1) is 12.4. The van der Waals surface area contributed by atoms with Gasteiger partial charge in [-0.1, -0.05) is 43.1 Å². The van der Waals surface area contributed by atoms with Crippen LogP contribution in [0.3, 0.4) is 0 Å². The van der Waals surface area contributed by atoms with Gasteiger partial charge in [0.2, 0.25) is 0 Å². The zero-order valence-electron chi connectivity index (χ0n) is 14.3. The minimum absolute atomic E-state index is 0.0387. The van der Waals surface area contributed by atoms with Crippen molar-refractivity contribution in [2.24, 2.45) is 5.92 Å². The molecule has 1 aliphatic heterocycles. The molecule has 0 fully saturated rings. The fourth-order valence-corrected chi connectivity index (χ4v) is 3.27. The van der Waals surface area contributed by atoms with E-state index in [0.29, 0.717) is 24.7 Å². The van der Waals surface area contributed by atoms with Gasteiger partial charge in [-0.2, -0.15) is 0 Å². The molecule has 1 aliphatic rings. The minimum Gasteiger partial charge on any atom is -0.486 e. The summed E-state index contributed by atoms with van der Waals surface area (Å²) in [6.07, 6.45) is 0. The van der Waals surface area contributed by atoms with E-state index in [1.54, 1.807) is 0 Å². The predicted molar refractivity (Wildman–Crippen MR) is 98.9 cm³/mol. The number of rotatable bonds is 4. The minimum atomic E-state index is -0.693. The number of amides is 1. The molecular formula is C19H18Cl2FNO3. The van der Waals surface area contributed by atoms with E-state index in [4.69, 9.17) is 32.7 Å². The van der Waals surface area contributed by atoms with Crippen LogP contribution in [0.4, 0.5) is 4.39 Å². The number of nitrogens with one attached hydrogen (secondary N) is 1. The first-order valence-corrected chi connectivity index (χ1v) is 8.97. The van der Waals surface area contributed by atoms with Gasteiger partial charge in [-0.25, -0.2) is 4.39 Å². The molecule has 1 atom stereocenters. The van der Waals surface area contributed by atoms with E-state index in [-0.39, 0.29) is 27.6 Å². The Morgan fingerprint density at radius 2 is 1.77 bits per heavy atom. The number of hydrogen-bond donors (Lipinski definition) is 1. The molecule has 0 radical (unpaired) electrons. The van der Waals surface area contributed by atoms with Crippen LogP contribution in [0.15, 0.2) is 30.3 Å². The molecule has 0 saturated heterocycles. The molecule has 1 heterocycles. The van der Waals surface area contributed by atoms with Crippen LogP contribution in [0, 0.1) is 11.7 Å². The lowest BCUT2D eigenvalue weighted by Crippen LogP contribution is -2.32. The molecule has 26 heavy (non-hydrogen) atoms. The third-order valence-corrected chi connectivity index (χ3v) is 4.74. The van der Waals surface area contributed by atoms with Crippen LogP contribution >= 0.6 is 23.2 Å². The molecule has 2 aromatic carbocycles. The van der Waals surface area contributed by atoms with E-state index in [2.05, 4.69) is 5.32 Å². The number of carbonyl (C=O) groups excluding carboxylic acids is 1. The Morgan fingerprint density at radius 1 is 1.08 bits per heavy atom. The SMILES string of the molecule is CC(C)[C@H](NC(=O)c1cc(F)c(Cl)cc1Cl)c1ccc2c(c1)OCCO2. The molecular weight excluding hydrogens is 380 g/mol. The molecule has 1 amide bonds. The fraction of sp³-hybridized carbons (Fsp3) is 0.316. The topological polar surface area (TPSA) is 47.6 Å². The smallest absolute Gasteiger partial charge is 0.253 e. The molecule has 0 saturated carbocycles. The predicted octanol–water partition coefficient (Wildman–Crippen LogP) is 5.03. The van der Waals surface area contributed by atoms with Crippen molar-refractivity contribution in [3.05, 3.63) is 57.3 Å². The molecule has 0 unspecified atom stereocenters. The third kappa shape index (κ3) is 3.89. The van der Waals surface area contributed by atoms with Gasteiger partial charge >= 0.3 is 0 Å². The second-order valence-corrected chi connectivity index (χ2v) is 7.16. The quantitative estimate of drug-likeness (QED) is 0.735. The summed E-state index contributed by atoms with van der Waals surface area (Å²) in [4.78, 5) is 12.6. The van der Waals surface area contributed by atoms with E-state index >= 15 is 0 Å². The van der Waals surface area contributed by atoms with Gasteiger partial charge in [0.25, 0.3) is 5.91 Å². The van der Waals surface area contributed by atoms with Crippen molar-refractivity contribution in [1.82, 2.24) is 5.32 Å². The highest BCUT2D eigenvalue weighted by molar-refractivity contribution is 6.36. The molecule has 1 N–H and O–H groups in total. The summed E-state index contributed by atoms with van der Waals surface area (Å²) in [7, 11) is 0. The maximum absolute atomic E-state index is 13.7. The normalized spacial score (nSPS) is 14.2. The van der Waals surface area contributed by atoms with Gasteiger partial charge in [0.15, 0.2) is 11.5 Å². The number of hydrogen-bond acceptors (Lipinski definition) is 3. The van der Waals surface area contributed by atoms with Gasteiger partial charge < -0.3 is 14.8 Å². The van der Waals surface area contributed by atoms with E-state index in [9.17, 15) is 9.18 Å². The largest absolute Gasteiger partial charge is 0.486 e. The summed E-state index contributed by atoms with van der Waals surface area (Å²) in [5, 5.41) is 2.88. The van der Waals surface area contributed by atoms with Gasteiger partial charge in [-0.15, -0.1) is 0 Å². The van der Waals surface area contributed by atoms with Crippen LogP contribution in [0.2, 0.25) is 10.0 Å². The molecule has 4 nitrogen and oxygen atoms in total. The molecule has 0 aliphatic carbocycles. The standard InChI is InChI=1S/C19H18Cl2FNO3/c1-10(2)18(11-3-4-16-17(7-11)26-6-5-25-16)23-19(24)12-8-15(22)14(21)9-13(12)20/h3-4,7-10,18H,5-6H2,1-2H3,(H,23,24)/t18-/m0/s1. The van der Waals surface area contributed by atoms with Gasteiger partial charge in [0, 0.05) is 0 Å². The van der Waals surface area contributed by atoms with Crippen LogP contribution in [-0.2, 0) is 0 Å². The van der Waals surface area contributed by atoms with Crippen molar-refractivity contribution in [1.29, 1.82) is 0 Å². The highest BCUT2D eigenvalue weighted by Gasteiger charge is 2.23. The average Bonchev–Trinajstić information content (AvgIpc) is 2.61. The van der Waals surface area contributed by atoms with E-state index in [1.165, 1.54) is 6.07 Å². The molecule has 0 spiro atoms. The van der Waals surface area contributed by atoms with Gasteiger partial charge in [0.1, 0.15) is 19.0 Å². The van der Waals surface area contributed by atoms with Crippen molar-refractivity contribution in [2.45, 2.75) is 19.9 Å². The van der Waals surface area contributed by atoms with Crippen LogP contribution in [0.1, 0.15) is 35.8 Å². The van der Waals surface area contributed by atoms with Crippen molar-refractivity contribution in [3.63, 3.8) is 0 Å². The Morgan fingerprint density at radius 3 is 2.46 bits per heavy atom. The summed E-state index contributed by atoms with van der Waals surface area (Å²) in [6.45, 7) is 4.95. The first kappa shape index (κ1) is 18.8. The summed E-state index contributed by atoms with van der Waals surface area (Å²) in [6, 6.07) is 7.50. The van der Waals surface area contributed by atoms with Crippen LogP contribution in [0.25, 0.3) is 0 Å². The number of fused-ring (bicyclic) bond motifs is 1. The van der Waals surface area contributed by atoms with Crippen LogP contribution in [0.5, 0.6) is 11.5 Å². The lowest BCUT2D eigenvalue weighted by molar-refractivity contribution is 0.0925. The molecule has 0 aromatic heterocycles. The van der Waals surface area contributed by atoms with Crippen molar-refractivity contribution >= 4 is 29.1 Å². The monoisotopic (exact) mass is 397 g/mol. The number of carbonyl (C=O) groups is 1. The number of halogens is 3. The van der Waals surface area contributed by atoms with E-state index in [0.717, 1.165) is 11.6 Å².